The number of nitrogen functional groups attached to an aromatic ring is 1. The summed E-state index contributed by atoms with van der Waals surface area (Å²) in [6.07, 6.45) is 2.18. The maximum absolute atomic E-state index is 12.6. The number of para-hydroxylation sites is 1. The largest absolute Gasteiger partial charge is 0.398 e. The first kappa shape index (κ1) is 13.6. The van der Waals surface area contributed by atoms with E-state index in [1.807, 2.05) is 41.3 Å². The average molecular weight is 351 g/mol. The number of anilines is 1. The molecule has 0 spiro atoms. The van der Waals surface area contributed by atoms with Gasteiger partial charge in [0.05, 0.1) is 8.66 Å². The van der Waals surface area contributed by atoms with Crippen molar-refractivity contribution in [3.8, 4) is 0 Å². The van der Waals surface area contributed by atoms with Gasteiger partial charge in [0.2, 0.25) is 0 Å². The van der Waals surface area contributed by atoms with Gasteiger partial charge >= 0.3 is 0 Å². The summed E-state index contributed by atoms with van der Waals surface area (Å²) in [6.45, 7) is 0.589. The van der Waals surface area contributed by atoms with Crippen molar-refractivity contribution in [2.75, 3.05) is 5.73 Å². The van der Waals surface area contributed by atoms with Crippen LogP contribution in [0.4, 0.5) is 5.69 Å². The third kappa shape index (κ3) is 2.88. The Labute approximate surface area is 130 Å². The number of amides is 1. The van der Waals surface area contributed by atoms with Gasteiger partial charge in [-0.05, 0) is 52.5 Å². The zero-order valence-electron chi connectivity index (χ0n) is 10.9. The van der Waals surface area contributed by atoms with Crippen molar-refractivity contribution in [1.29, 1.82) is 0 Å². The molecule has 20 heavy (non-hydrogen) atoms. The predicted molar refractivity (Wildman–Crippen MR) is 85.8 cm³/mol. The van der Waals surface area contributed by atoms with E-state index in [1.165, 1.54) is 11.3 Å². The van der Waals surface area contributed by atoms with Gasteiger partial charge in [0.25, 0.3) is 5.91 Å². The fourth-order valence-corrected chi connectivity index (χ4v) is 3.53. The molecule has 3 rings (SSSR count). The van der Waals surface area contributed by atoms with Gasteiger partial charge in [-0.25, -0.2) is 0 Å². The second-order valence-corrected chi connectivity index (χ2v) is 7.43. The minimum atomic E-state index is 0.103. The average Bonchev–Trinajstić information content (AvgIpc) is 3.18. The van der Waals surface area contributed by atoms with Crippen LogP contribution in [0.3, 0.4) is 0 Å². The second-order valence-electron chi connectivity index (χ2n) is 4.97. The third-order valence-corrected chi connectivity index (χ3v) is 5.04. The molecule has 1 aromatic heterocycles. The lowest BCUT2D eigenvalue weighted by molar-refractivity contribution is 0.0735. The van der Waals surface area contributed by atoms with Crippen LogP contribution >= 0.6 is 27.3 Å². The van der Waals surface area contributed by atoms with Gasteiger partial charge < -0.3 is 10.6 Å². The molecule has 1 fully saturated rings. The summed E-state index contributed by atoms with van der Waals surface area (Å²) in [6, 6.07) is 11.9. The molecule has 2 aromatic rings. The van der Waals surface area contributed by atoms with Gasteiger partial charge in [-0.1, -0.05) is 18.2 Å². The summed E-state index contributed by atoms with van der Waals surface area (Å²) in [5.41, 5.74) is 7.75. The van der Waals surface area contributed by atoms with Crippen molar-refractivity contribution in [3.05, 3.63) is 50.6 Å². The van der Waals surface area contributed by atoms with Crippen LogP contribution in [0.1, 0.15) is 28.1 Å². The number of carbonyl (C=O) groups excluding carboxylic acids is 1. The maximum Gasteiger partial charge on any atom is 0.264 e. The van der Waals surface area contributed by atoms with Gasteiger partial charge in [-0.2, -0.15) is 0 Å². The summed E-state index contributed by atoms with van der Waals surface area (Å²) in [7, 11) is 0. The highest BCUT2D eigenvalue weighted by molar-refractivity contribution is 9.11. The number of thiophene rings is 1. The van der Waals surface area contributed by atoms with E-state index in [0.29, 0.717) is 12.6 Å². The summed E-state index contributed by atoms with van der Waals surface area (Å²) in [5, 5.41) is 0. The summed E-state index contributed by atoms with van der Waals surface area (Å²) in [4.78, 5) is 15.4. The topological polar surface area (TPSA) is 46.3 Å². The van der Waals surface area contributed by atoms with Crippen LogP contribution in [-0.4, -0.2) is 16.8 Å². The molecule has 2 N–H and O–H groups in total. The standard InChI is InChI=1S/C15H15BrN2OS/c16-14-8-7-13(20-14)15(19)18(11-5-6-11)9-10-3-1-2-4-12(10)17/h1-4,7-8,11H,5-6,9,17H2. The molecule has 1 amide bonds. The second kappa shape index (κ2) is 5.58. The lowest BCUT2D eigenvalue weighted by Crippen LogP contribution is -2.32. The van der Waals surface area contributed by atoms with Crippen LogP contribution in [0, 0.1) is 0 Å². The Kier molecular flexibility index (Phi) is 3.81. The molecule has 1 aliphatic rings. The lowest BCUT2D eigenvalue weighted by Gasteiger charge is -2.22. The van der Waals surface area contributed by atoms with Crippen LogP contribution in [0.5, 0.6) is 0 Å². The number of benzene rings is 1. The molecular weight excluding hydrogens is 336 g/mol. The van der Waals surface area contributed by atoms with E-state index in [4.69, 9.17) is 5.73 Å². The fourth-order valence-electron chi connectivity index (χ4n) is 2.19. The van der Waals surface area contributed by atoms with E-state index in [1.54, 1.807) is 0 Å². The van der Waals surface area contributed by atoms with Crippen molar-refractivity contribution in [1.82, 2.24) is 4.90 Å². The molecular formula is C15H15BrN2OS. The maximum atomic E-state index is 12.6. The summed E-state index contributed by atoms with van der Waals surface area (Å²) >= 11 is 4.89. The van der Waals surface area contributed by atoms with Gasteiger partial charge in [-0.15, -0.1) is 11.3 Å². The summed E-state index contributed by atoms with van der Waals surface area (Å²) < 4.78 is 0.982. The highest BCUT2D eigenvalue weighted by Crippen LogP contribution is 2.32. The minimum Gasteiger partial charge on any atom is -0.398 e. The first-order valence-corrected chi connectivity index (χ1v) is 8.16. The number of halogens is 1. The Bertz CT molecular complexity index is 636. The number of nitrogens with zero attached hydrogens (tertiary/aromatic N) is 1. The van der Waals surface area contributed by atoms with Crippen LogP contribution in [0.2, 0.25) is 0 Å². The highest BCUT2D eigenvalue weighted by atomic mass is 79.9. The lowest BCUT2D eigenvalue weighted by atomic mass is 10.1. The number of rotatable bonds is 4. The van der Waals surface area contributed by atoms with E-state index < -0.39 is 0 Å². The van der Waals surface area contributed by atoms with Crippen LogP contribution in [0.25, 0.3) is 0 Å². The Hall–Kier alpha value is -1.33. The molecule has 0 radical (unpaired) electrons. The Morgan fingerprint density at radius 2 is 2.05 bits per heavy atom. The van der Waals surface area contributed by atoms with Crippen molar-refractivity contribution in [3.63, 3.8) is 0 Å². The molecule has 0 saturated heterocycles. The first-order chi connectivity index (χ1) is 9.65. The van der Waals surface area contributed by atoms with Gasteiger partial charge in [0, 0.05) is 18.3 Å². The molecule has 1 aliphatic carbocycles. The molecule has 1 aromatic carbocycles. The zero-order valence-corrected chi connectivity index (χ0v) is 13.3. The van der Waals surface area contributed by atoms with Crippen molar-refractivity contribution in [2.24, 2.45) is 0 Å². The normalized spacial score (nSPS) is 14.2. The number of carbonyl (C=O) groups is 1. The number of hydrogen-bond donors (Lipinski definition) is 1. The van der Waals surface area contributed by atoms with Crippen LogP contribution in [0.15, 0.2) is 40.2 Å². The van der Waals surface area contributed by atoms with Crippen molar-refractivity contribution in [2.45, 2.75) is 25.4 Å². The monoisotopic (exact) mass is 350 g/mol. The summed E-state index contributed by atoms with van der Waals surface area (Å²) in [5.74, 6) is 0.103. The Morgan fingerprint density at radius 3 is 2.65 bits per heavy atom. The third-order valence-electron chi connectivity index (χ3n) is 3.43. The molecule has 1 heterocycles. The van der Waals surface area contributed by atoms with Crippen LogP contribution in [-0.2, 0) is 6.54 Å². The Morgan fingerprint density at radius 1 is 1.30 bits per heavy atom. The predicted octanol–water partition coefficient (Wildman–Crippen LogP) is 3.90. The first-order valence-electron chi connectivity index (χ1n) is 6.55. The van der Waals surface area contributed by atoms with E-state index in [2.05, 4.69) is 15.9 Å². The van der Waals surface area contributed by atoms with Gasteiger partial charge in [0.1, 0.15) is 0 Å². The van der Waals surface area contributed by atoms with Crippen LogP contribution < -0.4 is 5.73 Å². The highest BCUT2D eigenvalue weighted by Gasteiger charge is 2.33. The molecule has 0 aliphatic heterocycles. The van der Waals surface area contributed by atoms with E-state index in [-0.39, 0.29) is 5.91 Å². The van der Waals surface area contributed by atoms with Crippen molar-refractivity contribution < 1.29 is 4.79 Å². The molecule has 0 atom stereocenters. The smallest absolute Gasteiger partial charge is 0.264 e. The fraction of sp³-hybridized carbons (Fsp3) is 0.267. The molecule has 1 saturated carbocycles. The number of hydrogen-bond acceptors (Lipinski definition) is 3. The quantitative estimate of drug-likeness (QED) is 0.850. The Balaban J connectivity index is 1.83. The van der Waals surface area contributed by atoms with Crippen molar-refractivity contribution >= 4 is 38.9 Å². The number of nitrogens with two attached hydrogens (primary N) is 1. The van der Waals surface area contributed by atoms with E-state index in [9.17, 15) is 4.79 Å². The minimum absolute atomic E-state index is 0.103. The molecule has 104 valence electrons. The SMILES string of the molecule is Nc1ccccc1CN(C(=O)c1ccc(Br)s1)C1CC1. The zero-order chi connectivity index (χ0) is 14.1. The molecule has 5 heteroatoms. The van der Waals surface area contributed by atoms with Gasteiger partial charge in [-0.3, -0.25) is 4.79 Å². The van der Waals surface area contributed by atoms with E-state index >= 15 is 0 Å². The molecule has 3 nitrogen and oxygen atoms in total. The molecule has 0 unspecified atom stereocenters. The molecule has 0 bridgehead atoms. The van der Waals surface area contributed by atoms with Gasteiger partial charge in [0.15, 0.2) is 0 Å². The van der Waals surface area contributed by atoms with E-state index in [0.717, 1.165) is 32.8 Å².